The molecule has 2 N–H and O–H groups in total. The Hall–Kier alpha value is -2.57. The molecule has 0 radical (unpaired) electrons. The van der Waals surface area contributed by atoms with Gasteiger partial charge in [-0.1, -0.05) is 70.4 Å². The summed E-state index contributed by atoms with van der Waals surface area (Å²) in [5.74, 6) is -0.275. The average Bonchev–Trinajstić information content (AvgIpc) is 3.33. The van der Waals surface area contributed by atoms with Gasteiger partial charge in [-0.25, -0.2) is 9.49 Å². The van der Waals surface area contributed by atoms with E-state index in [-0.39, 0.29) is 11.6 Å². The summed E-state index contributed by atoms with van der Waals surface area (Å²) in [4.78, 5) is 12.1. The number of benzene rings is 1. The Bertz CT molecular complexity index is 792. The first-order chi connectivity index (χ1) is 15.7. The lowest BCUT2D eigenvalue weighted by Crippen LogP contribution is -2.12. The van der Waals surface area contributed by atoms with Gasteiger partial charge in [0.1, 0.15) is 5.82 Å². The van der Waals surface area contributed by atoms with Gasteiger partial charge < -0.3 is 5.32 Å². The van der Waals surface area contributed by atoms with Gasteiger partial charge >= 0.3 is 0 Å². The molecule has 32 heavy (non-hydrogen) atoms. The third-order valence-electron chi connectivity index (χ3n) is 5.53. The molecule has 1 amide bonds. The van der Waals surface area contributed by atoms with Crippen LogP contribution in [0.2, 0.25) is 0 Å². The van der Waals surface area contributed by atoms with Gasteiger partial charge in [0.15, 0.2) is 5.82 Å². The molecular weight excluding hydrogens is 405 g/mol. The van der Waals surface area contributed by atoms with Crippen LogP contribution in [0, 0.1) is 5.82 Å². The molecule has 0 unspecified atom stereocenters. The normalized spacial score (nSPS) is 11.3. The van der Waals surface area contributed by atoms with Crippen LogP contribution >= 0.6 is 0 Å². The summed E-state index contributed by atoms with van der Waals surface area (Å²) < 4.78 is 14.2. The fraction of sp³-hybridized carbons (Fsp3) is 0.600. The smallest absolute Gasteiger partial charge is 0.224 e. The molecule has 0 atom stereocenters. The van der Waals surface area contributed by atoms with Crippen molar-refractivity contribution in [3.05, 3.63) is 36.2 Å². The second-order valence-corrected chi connectivity index (χ2v) is 8.33. The summed E-state index contributed by atoms with van der Waals surface area (Å²) >= 11 is 0. The van der Waals surface area contributed by atoms with Crippen LogP contribution < -0.4 is 5.32 Å². The summed E-state index contributed by atoms with van der Waals surface area (Å²) in [6, 6.07) is 4.51. The molecule has 0 aliphatic rings. The molecule has 0 fully saturated rings. The molecule has 2 aromatic rings. The molecule has 0 aliphatic heterocycles. The van der Waals surface area contributed by atoms with Gasteiger partial charge in [-0.3, -0.25) is 4.79 Å². The highest BCUT2D eigenvalue weighted by molar-refractivity contribution is 5.91. The molecule has 0 spiro atoms. The van der Waals surface area contributed by atoms with Crippen molar-refractivity contribution in [2.24, 2.45) is 0 Å². The van der Waals surface area contributed by atoms with Gasteiger partial charge in [0.2, 0.25) is 5.91 Å². The highest BCUT2D eigenvalue weighted by atomic mass is 19.1. The highest BCUT2D eigenvalue weighted by Gasteiger charge is 2.10. The number of tetrazole rings is 1. The maximum atomic E-state index is 14.2. The third kappa shape index (κ3) is 10.6. The highest BCUT2D eigenvalue weighted by Crippen LogP contribution is 2.21. The second-order valence-electron chi connectivity index (χ2n) is 8.33. The summed E-state index contributed by atoms with van der Waals surface area (Å²) in [5.41, 5.74) is 0.710. The van der Waals surface area contributed by atoms with Crippen LogP contribution in [0.3, 0.4) is 0 Å². The number of anilines is 1. The second kappa shape index (κ2) is 16.1. The van der Waals surface area contributed by atoms with Crippen molar-refractivity contribution in [3.63, 3.8) is 0 Å². The van der Waals surface area contributed by atoms with Crippen molar-refractivity contribution < 1.29 is 9.18 Å². The van der Waals surface area contributed by atoms with E-state index in [0.717, 1.165) is 25.7 Å². The number of allylic oxidation sites excluding steroid dienone is 2. The number of unbranched alkanes of at least 4 members (excludes halogenated alkanes) is 11. The average molecular weight is 444 g/mol. The minimum absolute atomic E-state index is 0.157. The number of rotatable bonds is 17. The van der Waals surface area contributed by atoms with E-state index in [4.69, 9.17) is 0 Å². The van der Waals surface area contributed by atoms with Gasteiger partial charge in [-0.05, 0) is 60.7 Å². The number of halogens is 1. The monoisotopic (exact) mass is 443 g/mol. The van der Waals surface area contributed by atoms with E-state index < -0.39 is 5.82 Å². The van der Waals surface area contributed by atoms with E-state index in [1.165, 1.54) is 69.9 Å². The van der Waals surface area contributed by atoms with E-state index in [0.29, 0.717) is 17.8 Å². The number of nitrogens with one attached hydrogen (secondary N) is 2. The fourth-order valence-electron chi connectivity index (χ4n) is 3.61. The van der Waals surface area contributed by atoms with Crippen LogP contribution in [0.15, 0.2) is 30.4 Å². The number of aromatic nitrogens is 4. The van der Waals surface area contributed by atoms with E-state index >= 15 is 0 Å². The van der Waals surface area contributed by atoms with E-state index in [2.05, 4.69) is 45.0 Å². The zero-order valence-electron chi connectivity index (χ0n) is 19.4. The van der Waals surface area contributed by atoms with Crippen LogP contribution in [0.25, 0.3) is 11.4 Å². The van der Waals surface area contributed by atoms with Gasteiger partial charge in [0.05, 0.1) is 5.69 Å². The van der Waals surface area contributed by atoms with Gasteiger partial charge in [0, 0.05) is 12.0 Å². The summed E-state index contributed by atoms with van der Waals surface area (Å²) in [7, 11) is 0. The zero-order chi connectivity index (χ0) is 22.9. The van der Waals surface area contributed by atoms with Gasteiger partial charge in [0.25, 0.3) is 0 Å². The largest absolute Gasteiger partial charge is 0.324 e. The van der Waals surface area contributed by atoms with Crippen LogP contribution in [0.1, 0.15) is 96.8 Å². The van der Waals surface area contributed by atoms with Crippen LogP contribution in [0.4, 0.5) is 10.1 Å². The minimum Gasteiger partial charge on any atom is -0.324 e. The lowest BCUT2D eigenvalue weighted by molar-refractivity contribution is -0.116. The molecule has 0 aliphatic carbocycles. The fourth-order valence-corrected chi connectivity index (χ4v) is 3.61. The number of aromatic amines is 1. The maximum absolute atomic E-state index is 14.2. The quantitative estimate of drug-likeness (QED) is 0.204. The molecule has 0 saturated heterocycles. The molecule has 6 nitrogen and oxygen atoms in total. The predicted molar refractivity (Wildman–Crippen MR) is 128 cm³/mol. The Kier molecular flexibility index (Phi) is 12.9. The van der Waals surface area contributed by atoms with Crippen LogP contribution in [-0.2, 0) is 4.79 Å². The lowest BCUT2D eigenvalue weighted by atomic mass is 10.1. The lowest BCUT2D eigenvalue weighted by Gasteiger charge is -2.07. The van der Waals surface area contributed by atoms with Crippen molar-refractivity contribution in [2.75, 3.05) is 5.32 Å². The molecular formula is C25H38FN5O. The van der Waals surface area contributed by atoms with E-state index in [1.54, 1.807) is 6.07 Å². The van der Waals surface area contributed by atoms with Crippen molar-refractivity contribution in [3.8, 4) is 11.4 Å². The number of nitrogens with zero attached hydrogens (tertiary/aromatic N) is 3. The van der Waals surface area contributed by atoms with Crippen molar-refractivity contribution in [1.29, 1.82) is 0 Å². The topological polar surface area (TPSA) is 83.6 Å². The molecule has 1 aromatic carbocycles. The first-order valence-corrected chi connectivity index (χ1v) is 12.2. The molecule has 176 valence electrons. The Morgan fingerprint density at radius 1 is 0.969 bits per heavy atom. The summed E-state index contributed by atoms with van der Waals surface area (Å²) in [6.07, 6.45) is 20.9. The molecule has 2 rings (SSSR count). The van der Waals surface area contributed by atoms with Crippen LogP contribution in [0.5, 0.6) is 0 Å². The summed E-state index contributed by atoms with van der Waals surface area (Å²) in [5, 5.41) is 15.9. The maximum Gasteiger partial charge on any atom is 0.224 e. The number of hydrogen-bond donors (Lipinski definition) is 2. The van der Waals surface area contributed by atoms with Crippen LogP contribution in [-0.4, -0.2) is 26.5 Å². The first kappa shape index (κ1) is 25.7. The Labute approximate surface area is 191 Å². The molecule has 1 aromatic heterocycles. The van der Waals surface area contributed by atoms with E-state index in [9.17, 15) is 9.18 Å². The Morgan fingerprint density at radius 3 is 2.25 bits per heavy atom. The van der Waals surface area contributed by atoms with Gasteiger partial charge in [-0.2, -0.15) is 0 Å². The number of amides is 1. The SMILES string of the molecule is CCCCCCCC/C=C\CCCCCCCC(=O)Nc1ccc(-c2nnn[nH]2)cc1F. The molecule has 7 heteroatoms. The van der Waals surface area contributed by atoms with Crippen molar-refractivity contribution in [2.45, 2.75) is 96.8 Å². The minimum atomic E-state index is -0.503. The predicted octanol–water partition coefficient (Wildman–Crippen LogP) is 6.98. The molecule has 0 saturated carbocycles. The number of H-pyrrole nitrogens is 1. The zero-order valence-corrected chi connectivity index (χ0v) is 19.4. The summed E-state index contributed by atoms with van der Waals surface area (Å²) in [6.45, 7) is 2.25. The van der Waals surface area contributed by atoms with Crippen molar-refractivity contribution >= 4 is 11.6 Å². The van der Waals surface area contributed by atoms with Crippen molar-refractivity contribution in [1.82, 2.24) is 20.6 Å². The molecule has 1 heterocycles. The number of carbonyl (C=O) groups is 1. The standard InChI is InChI=1S/C25H38FN5O/c1-2-3-4-5-6-7-8-9-10-11-12-13-14-15-16-17-24(32)27-23-19-18-21(20-22(23)26)25-28-30-31-29-25/h9-10,18-20H,2-8,11-17H2,1H3,(H,27,32)(H,28,29,30,31)/b10-9-. The van der Waals surface area contributed by atoms with E-state index in [1.807, 2.05) is 0 Å². The molecule has 0 bridgehead atoms. The first-order valence-electron chi connectivity index (χ1n) is 12.2. The Morgan fingerprint density at radius 2 is 1.62 bits per heavy atom. The third-order valence-corrected chi connectivity index (χ3v) is 5.53. The Balaban J connectivity index is 1.47. The van der Waals surface area contributed by atoms with Gasteiger partial charge in [-0.15, -0.1) is 5.10 Å². The number of carbonyl (C=O) groups excluding carboxylic acids is 1. The number of hydrogen-bond acceptors (Lipinski definition) is 4.